The fourth-order valence-corrected chi connectivity index (χ4v) is 1.39. The van der Waals surface area contributed by atoms with Crippen molar-refractivity contribution in [1.29, 1.82) is 0 Å². The largest absolute Gasteiger partial charge is 0.350 e. The van der Waals surface area contributed by atoms with E-state index in [4.69, 9.17) is 5.73 Å². The van der Waals surface area contributed by atoms with E-state index in [1.54, 1.807) is 0 Å². The molecule has 0 aliphatic heterocycles. The highest BCUT2D eigenvalue weighted by atomic mass is 16.2. The van der Waals surface area contributed by atoms with Crippen LogP contribution in [0, 0.1) is 5.92 Å². The third kappa shape index (κ3) is 5.56. The van der Waals surface area contributed by atoms with Crippen molar-refractivity contribution in [3.05, 3.63) is 0 Å². The highest BCUT2D eigenvalue weighted by Gasteiger charge is 2.09. The standard InChI is InChI=1S/C10H21N3O/c1-4-6-7-9(5-2)8(3)12-13-10(11)14/h9H,4-7H2,1-3H3,(H3,11,13,14)/b12-8+. The zero-order valence-electron chi connectivity index (χ0n) is 9.34. The van der Waals surface area contributed by atoms with Crippen molar-refractivity contribution in [2.24, 2.45) is 16.8 Å². The number of nitrogens with zero attached hydrogens (tertiary/aromatic N) is 1. The predicted molar refractivity (Wildman–Crippen MR) is 59.1 cm³/mol. The molecule has 1 atom stereocenters. The lowest BCUT2D eigenvalue weighted by Crippen LogP contribution is -2.26. The maximum Gasteiger partial charge on any atom is 0.332 e. The van der Waals surface area contributed by atoms with Crippen molar-refractivity contribution in [1.82, 2.24) is 5.43 Å². The average molecular weight is 199 g/mol. The van der Waals surface area contributed by atoms with Gasteiger partial charge in [-0.05, 0) is 25.7 Å². The summed E-state index contributed by atoms with van der Waals surface area (Å²) < 4.78 is 0. The number of hydrogen-bond acceptors (Lipinski definition) is 2. The van der Waals surface area contributed by atoms with Gasteiger partial charge in [0.2, 0.25) is 0 Å². The number of primary amides is 1. The number of urea groups is 1. The van der Waals surface area contributed by atoms with E-state index in [-0.39, 0.29) is 0 Å². The van der Waals surface area contributed by atoms with E-state index < -0.39 is 6.03 Å². The summed E-state index contributed by atoms with van der Waals surface area (Å²) in [4.78, 5) is 10.4. The molecule has 0 saturated heterocycles. The SMILES string of the molecule is CCCCC(CC)/C(C)=N/NC(N)=O. The second-order valence-corrected chi connectivity index (χ2v) is 3.48. The average Bonchev–Trinajstić information content (AvgIpc) is 2.16. The molecule has 4 nitrogen and oxygen atoms in total. The van der Waals surface area contributed by atoms with E-state index in [1.165, 1.54) is 12.8 Å². The first-order valence-corrected chi connectivity index (χ1v) is 5.21. The predicted octanol–water partition coefficient (Wildman–Crippen LogP) is 2.25. The van der Waals surface area contributed by atoms with E-state index in [1.807, 2.05) is 6.92 Å². The van der Waals surface area contributed by atoms with Gasteiger partial charge >= 0.3 is 6.03 Å². The van der Waals surface area contributed by atoms with Crippen LogP contribution in [0.25, 0.3) is 0 Å². The lowest BCUT2D eigenvalue weighted by molar-refractivity contribution is 0.249. The van der Waals surface area contributed by atoms with Crippen LogP contribution in [0.4, 0.5) is 4.79 Å². The lowest BCUT2D eigenvalue weighted by atomic mass is 9.95. The van der Waals surface area contributed by atoms with Gasteiger partial charge in [-0.1, -0.05) is 26.7 Å². The minimum atomic E-state index is -0.602. The van der Waals surface area contributed by atoms with E-state index in [0.29, 0.717) is 5.92 Å². The number of hydrazone groups is 1. The molecule has 82 valence electrons. The summed E-state index contributed by atoms with van der Waals surface area (Å²) in [6.45, 7) is 6.23. The first-order chi connectivity index (χ1) is 6.61. The zero-order valence-corrected chi connectivity index (χ0v) is 9.34. The summed E-state index contributed by atoms with van der Waals surface area (Å²) in [5, 5.41) is 3.94. The van der Waals surface area contributed by atoms with Crippen LogP contribution in [-0.4, -0.2) is 11.7 Å². The monoisotopic (exact) mass is 199 g/mol. The van der Waals surface area contributed by atoms with Crippen molar-refractivity contribution in [2.75, 3.05) is 0 Å². The summed E-state index contributed by atoms with van der Waals surface area (Å²) in [7, 11) is 0. The fourth-order valence-electron chi connectivity index (χ4n) is 1.39. The lowest BCUT2D eigenvalue weighted by Gasteiger charge is -2.13. The molecule has 0 saturated carbocycles. The first kappa shape index (κ1) is 12.9. The number of nitrogens with one attached hydrogen (secondary N) is 1. The van der Waals surface area contributed by atoms with Gasteiger partial charge in [0.05, 0.1) is 0 Å². The number of nitrogens with two attached hydrogens (primary N) is 1. The van der Waals surface area contributed by atoms with Gasteiger partial charge in [-0.15, -0.1) is 0 Å². The van der Waals surface area contributed by atoms with Crippen LogP contribution >= 0.6 is 0 Å². The topological polar surface area (TPSA) is 67.5 Å². The van der Waals surface area contributed by atoms with Crippen LogP contribution in [0.15, 0.2) is 5.10 Å². The Labute approximate surface area is 85.9 Å². The molecule has 0 bridgehead atoms. The molecule has 0 aromatic heterocycles. The number of hydrogen-bond donors (Lipinski definition) is 2. The quantitative estimate of drug-likeness (QED) is 0.500. The minimum absolute atomic E-state index is 0.460. The van der Waals surface area contributed by atoms with Gasteiger partial charge in [0.1, 0.15) is 0 Å². The highest BCUT2D eigenvalue weighted by Crippen LogP contribution is 2.14. The van der Waals surface area contributed by atoms with Crippen molar-refractivity contribution in [3.63, 3.8) is 0 Å². The van der Waals surface area contributed by atoms with Crippen molar-refractivity contribution < 1.29 is 4.79 Å². The van der Waals surface area contributed by atoms with Gasteiger partial charge in [0, 0.05) is 5.71 Å². The molecule has 14 heavy (non-hydrogen) atoms. The van der Waals surface area contributed by atoms with E-state index in [0.717, 1.165) is 18.6 Å². The minimum Gasteiger partial charge on any atom is -0.350 e. The Kier molecular flexibility index (Phi) is 6.80. The summed E-state index contributed by atoms with van der Waals surface area (Å²) in [6, 6.07) is -0.602. The number of rotatable bonds is 6. The van der Waals surface area contributed by atoms with Gasteiger partial charge in [0.15, 0.2) is 0 Å². The molecule has 1 unspecified atom stereocenters. The fraction of sp³-hybridized carbons (Fsp3) is 0.800. The van der Waals surface area contributed by atoms with E-state index in [2.05, 4.69) is 24.4 Å². The first-order valence-electron chi connectivity index (χ1n) is 5.21. The molecule has 0 aromatic carbocycles. The Balaban J connectivity index is 4.07. The van der Waals surface area contributed by atoms with Crippen LogP contribution in [0.1, 0.15) is 46.5 Å². The molecule has 4 heteroatoms. The Morgan fingerprint density at radius 3 is 2.57 bits per heavy atom. The van der Waals surface area contributed by atoms with Gasteiger partial charge in [-0.2, -0.15) is 5.10 Å². The second kappa shape index (κ2) is 7.35. The number of unbranched alkanes of at least 4 members (excludes halogenated alkanes) is 1. The molecule has 0 rings (SSSR count). The van der Waals surface area contributed by atoms with Crippen LogP contribution in [-0.2, 0) is 0 Å². The number of carbonyl (C=O) groups excluding carboxylic acids is 1. The maximum absolute atomic E-state index is 10.4. The summed E-state index contributed by atoms with van der Waals surface area (Å²) in [5.74, 6) is 0.460. The van der Waals surface area contributed by atoms with Gasteiger partial charge in [-0.25, -0.2) is 10.2 Å². The molecule has 0 radical (unpaired) electrons. The summed E-state index contributed by atoms with van der Waals surface area (Å²) in [6.07, 6.45) is 4.56. The molecule has 3 N–H and O–H groups in total. The van der Waals surface area contributed by atoms with Crippen molar-refractivity contribution >= 4 is 11.7 Å². The normalized spacial score (nSPS) is 13.8. The Morgan fingerprint density at radius 2 is 2.14 bits per heavy atom. The maximum atomic E-state index is 10.4. The molecule has 0 heterocycles. The molecular weight excluding hydrogens is 178 g/mol. The van der Waals surface area contributed by atoms with Gasteiger partial charge < -0.3 is 5.73 Å². The van der Waals surface area contributed by atoms with Crippen molar-refractivity contribution in [2.45, 2.75) is 46.5 Å². The third-order valence-corrected chi connectivity index (χ3v) is 2.33. The van der Waals surface area contributed by atoms with E-state index >= 15 is 0 Å². The number of amides is 2. The number of carbonyl (C=O) groups is 1. The molecule has 0 spiro atoms. The Hall–Kier alpha value is -1.06. The van der Waals surface area contributed by atoms with Gasteiger partial charge in [-0.3, -0.25) is 0 Å². The highest BCUT2D eigenvalue weighted by molar-refractivity contribution is 5.85. The zero-order chi connectivity index (χ0) is 11.0. The molecule has 0 aliphatic carbocycles. The van der Waals surface area contributed by atoms with Crippen LogP contribution in [0.3, 0.4) is 0 Å². The Morgan fingerprint density at radius 1 is 1.50 bits per heavy atom. The molecular formula is C10H21N3O. The van der Waals surface area contributed by atoms with Gasteiger partial charge in [0.25, 0.3) is 0 Å². The molecule has 0 aromatic rings. The summed E-state index contributed by atoms with van der Waals surface area (Å²) in [5.41, 5.74) is 8.15. The smallest absolute Gasteiger partial charge is 0.332 e. The molecule has 0 aliphatic rings. The second-order valence-electron chi connectivity index (χ2n) is 3.48. The summed E-state index contributed by atoms with van der Waals surface area (Å²) >= 11 is 0. The van der Waals surface area contributed by atoms with E-state index in [9.17, 15) is 4.79 Å². The Bertz CT molecular complexity index is 202. The third-order valence-electron chi connectivity index (χ3n) is 2.33. The van der Waals surface area contributed by atoms with Crippen LogP contribution in [0.2, 0.25) is 0 Å². The molecule has 0 fully saturated rings. The van der Waals surface area contributed by atoms with Crippen LogP contribution < -0.4 is 11.2 Å². The molecule has 2 amide bonds. The van der Waals surface area contributed by atoms with Crippen molar-refractivity contribution in [3.8, 4) is 0 Å². The van der Waals surface area contributed by atoms with Crippen LogP contribution in [0.5, 0.6) is 0 Å².